The minimum atomic E-state index is -3.72. The van der Waals surface area contributed by atoms with Crippen molar-refractivity contribution in [3.63, 3.8) is 0 Å². The number of carboxylic acid groups (broad SMARTS) is 1. The predicted molar refractivity (Wildman–Crippen MR) is 59.5 cm³/mol. The third kappa shape index (κ3) is 2.24. The van der Waals surface area contributed by atoms with Crippen LogP contribution in [0.15, 0.2) is 11.1 Å². The van der Waals surface area contributed by atoms with E-state index in [1.807, 2.05) is 0 Å². The zero-order chi connectivity index (χ0) is 13.3. The number of morpholine rings is 1. The lowest BCUT2D eigenvalue weighted by Crippen LogP contribution is -2.48. The van der Waals surface area contributed by atoms with Crippen LogP contribution in [-0.4, -0.2) is 59.8 Å². The Balaban J connectivity index is 2.26. The summed E-state index contributed by atoms with van der Waals surface area (Å²) in [5.74, 6) is -1.17. The number of nitrogens with zero attached hydrogens (tertiary/aromatic N) is 2. The first-order valence-electron chi connectivity index (χ1n) is 5.27. The van der Waals surface area contributed by atoms with Gasteiger partial charge in [-0.05, 0) is 6.92 Å². The van der Waals surface area contributed by atoms with Gasteiger partial charge in [0, 0.05) is 6.54 Å². The second-order valence-corrected chi connectivity index (χ2v) is 5.83. The molecule has 0 spiro atoms. The van der Waals surface area contributed by atoms with E-state index in [2.05, 4.69) is 10.2 Å². The molecule has 0 aromatic carbocycles. The Hall–Kier alpha value is -1.45. The van der Waals surface area contributed by atoms with E-state index in [4.69, 9.17) is 9.84 Å². The smallest absolute Gasteiger partial charge is 0.334 e. The monoisotopic (exact) mass is 275 g/mol. The van der Waals surface area contributed by atoms with Gasteiger partial charge in [-0.15, -0.1) is 0 Å². The number of hydrogen-bond acceptors (Lipinski definition) is 5. The van der Waals surface area contributed by atoms with Crippen LogP contribution in [0.4, 0.5) is 0 Å². The van der Waals surface area contributed by atoms with Crippen LogP contribution >= 0.6 is 0 Å². The number of carboxylic acids is 1. The van der Waals surface area contributed by atoms with Crippen LogP contribution in [0, 0.1) is 6.92 Å². The Bertz CT molecular complexity index is 552. The Morgan fingerprint density at radius 1 is 1.67 bits per heavy atom. The van der Waals surface area contributed by atoms with E-state index in [0.717, 1.165) is 4.31 Å². The Labute approximate surface area is 104 Å². The maximum Gasteiger partial charge on any atom is 0.334 e. The molecule has 0 bridgehead atoms. The van der Waals surface area contributed by atoms with Gasteiger partial charge < -0.3 is 9.84 Å². The second kappa shape index (κ2) is 4.67. The van der Waals surface area contributed by atoms with Crippen molar-refractivity contribution in [3.05, 3.63) is 11.9 Å². The maximum absolute atomic E-state index is 12.3. The van der Waals surface area contributed by atoms with Gasteiger partial charge in [0.1, 0.15) is 4.90 Å². The van der Waals surface area contributed by atoms with Crippen molar-refractivity contribution in [1.82, 2.24) is 14.5 Å². The Morgan fingerprint density at radius 3 is 2.94 bits per heavy atom. The molecule has 2 rings (SSSR count). The molecule has 1 fully saturated rings. The standard InChI is InChI=1S/C9H13N3O5S/c1-6-8(4-10-11-6)18(15,16)12-2-3-17-7(5-12)9(13)14/h4,7H,2-3,5H2,1H3,(H,10,11)(H,13,14). The molecular formula is C9H13N3O5S. The highest BCUT2D eigenvalue weighted by atomic mass is 32.2. The minimum absolute atomic E-state index is 0.0626. The first-order valence-corrected chi connectivity index (χ1v) is 6.71. The number of sulfonamides is 1. The summed E-state index contributed by atoms with van der Waals surface area (Å²) in [5.41, 5.74) is 0.424. The number of aromatic nitrogens is 2. The van der Waals surface area contributed by atoms with Crippen molar-refractivity contribution in [2.24, 2.45) is 0 Å². The molecule has 1 aliphatic heterocycles. The number of hydrogen-bond donors (Lipinski definition) is 2. The summed E-state index contributed by atoms with van der Waals surface area (Å²) in [5, 5.41) is 15.0. The summed E-state index contributed by atoms with van der Waals surface area (Å²) in [6, 6.07) is 0. The number of aliphatic carboxylic acids is 1. The lowest BCUT2D eigenvalue weighted by atomic mass is 10.3. The number of carbonyl (C=O) groups is 1. The highest BCUT2D eigenvalue weighted by Crippen LogP contribution is 2.20. The highest BCUT2D eigenvalue weighted by molar-refractivity contribution is 7.89. The van der Waals surface area contributed by atoms with Gasteiger partial charge in [0.15, 0.2) is 6.10 Å². The van der Waals surface area contributed by atoms with Crippen LogP contribution in [0.25, 0.3) is 0 Å². The van der Waals surface area contributed by atoms with Crippen LogP contribution in [0.1, 0.15) is 5.69 Å². The molecule has 0 aliphatic carbocycles. The van der Waals surface area contributed by atoms with Crippen LogP contribution < -0.4 is 0 Å². The number of aromatic amines is 1. The van der Waals surface area contributed by atoms with Gasteiger partial charge in [-0.3, -0.25) is 5.10 Å². The molecule has 2 N–H and O–H groups in total. The topological polar surface area (TPSA) is 113 Å². The fourth-order valence-electron chi connectivity index (χ4n) is 1.73. The van der Waals surface area contributed by atoms with Crippen molar-refractivity contribution in [3.8, 4) is 0 Å². The SMILES string of the molecule is Cc1[nH]ncc1S(=O)(=O)N1CCOC(C(=O)O)C1. The Morgan fingerprint density at radius 2 is 2.39 bits per heavy atom. The second-order valence-electron chi connectivity index (χ2n) is 3.92. The summed E-state index contributed by atoms with van der Waals surface area (Å²) in [7, 11) is -3.72. The molecule has 1 aromatic heterocycles. The van der Waals surface area contributed by atoms with Crippen LogP contribution in [0.2, 0.25) is 0 Å². The van der Waals surface area contributed by atoms with E-state index in [0.29, 0.717) is 5.69 Å². The van der Waals surface area contributed by atoms with Crippen molar-refractivity contribution in [2.45, 2.75) is 17.9 Å². The molecule has 1 aliphatic rings. The molecule has 0 amide bonds. The zero-order valence-corrected chi connectivity index (χ0v) is 10.5. The van der Waals surface area contributed by atoms with Gasteiger partial charge >= 0.3 is 5.97 Å². The largest absolute Gasteiger partial charge is 0.479 e. The van der Waals surface area contributed by atoms with Crippen molar-refractivity contribution in [2.75, 3.05) is 19.7 Å². The molecule has 0 radical (unpaired) electrons. The van der Waals surface area contributed by atoms with E-state index >= 15 is 0 Å². The molecule has 1 saturated heterocycles. The molecule has 1 atom stereocenters. The first kappa shape index (κ1) is 13.0. The molecular weight excluding hydrogens is 262 g/mol. The van der Waals surface area contributed by atoms with Crippen LogP contribution in [0.3, 0.4) is 0 Å². The molecule has 8 nitrogen and oxygen atoms in total. The fraction of sp³-hybridized carbons (Fsp3) is 0.556. The normalized spacial score (nSPS) is 21.9. The summed E-state index contributed by atoms with van der Waals surface area (Å²) >= 11 is 0. The molecule has 2 heterocycles. The Kier molecular flexibility index (Phi) is 3.37. The fourth-order valence-corrected chi connectivity index (χ4v) is 3.28. The van der Waals surface area contributed by atoms with Crippen molar-refractivity contribution in [1.29, 1.82) is 0 Å². The van der Waals surface area contributed by atoms with Crippen molar-refractivity contribution < 1.29 is 23.1 Å². The predicted octanol–water partition coefficient (Wildman–Crippen LogP) is -0.808. The van der Waals surface area contributed by atoms with Gasteiger partial charge in [0.05, 0.1) is 25.0 Å². The van der Waals surface area contributed by atoms with Crippen LogP contribution in [0.5, 0.6) is 0 Å². The van der Waals surface area contributed by atoms with Crippen molar-refractivity contribution >= 4 is 16.0 Å². The maximum atomic E-state index is 12.3. The van der Waals surface area contributed by atoms with Crippen LogP contribution in [-0.2, 0) is 19.6 Å². The molecule has 100 valence electrons. The minimum Gasteiger partial charge on any atom is -0.479 e. The quantitative estimate of drug-likeness (QED) is 0.746. The van der Waals surface area contributed by atoms with E-state index in [-0.39, 0.29) is 24.6 Å². The average Bonchev–Trinajstić information content (AvgIpc) is 2.76. The summed E-state index contributed by atoms with van der Waals surface area (Å²) in [4.78, 5) is 10.9. The molecule has 1 aromatic rings. The number of rotatable bonds is 3. The molecule has 1 unspecified atom stereocenters. The highest BCUT2D eigenvalue weighted by Gasteiger charge is 2.35. The van der Waals surface area contributed by atoms with Gasteiger partial charge in [-0.1, -0.05) is 0 Å². The zero-order valence-electron chi connectivity index (χ0n) is 9.66. The van der Waals surface area contributed by atoms with Gasteiger partial charge in [-0.25, -0.2) is 13.2 Å². The number of ether oxygens (including phenoxy) is 1. The number of aryl methyl sites for hydroxylation is 1. The average molecular weight is 275 g/mol. The van der Waals surface area contributed by atoms with E-state index < -0.39 is 22.1 Å². The molecule has 18 heavy (non-hydrogen) atoms. The number of nitrogens with one attached hydrogen (secondary N) is 1. The lowest BCUT2D eigenvalue weighted by Gasteiger charge is -2.29. The lowest BCUT2D eigenvalue weighted by molar-refractivity contribution is -0.153. The van der Waals surface area contributed by atoms with Gasteiger partial charge in [0.25, 0.3) is 0 Å². The van der Waals surface area contributed by atoms with Gasteiger partial charge in [0.2, 0.25) is 10.0 Å². The van der Waals surface area contributed by atoms with Gasteiger partial charge in [-0.2, -0.15) is 9.40 Å². The third-order valence-corrected chi connectivity index (χ3v) is 4.68. The summed E-state index contributed by atoms with van der Waals surface area (Å²) in [6.45, 7) is 1.60. The number of H-pyrrole nitrogens is 1. The molecule has 9 heteroatoms. The molecule has 0 saturated carbocycles. The third-order valence-electron chi connectivity index (χ3n) is 2.71. The summed E-state index contributed by atoms with van der Waals surface area (Å²) in [6.07, 6.45) is 0.0938. The van der Waals surface area contributed by atoms with E-state index in [9.17, 15) is 13.2 Å². The van der Waals surface area contributed by atoms with E-state index in [1.54, 1.807) is 6.92 Å². The summed E-state index contributed by atoms with van der Waals surface area (Å²) < 4.78 is 30.6. The van der Waals surface area contributed by atoms with E-state index in [1.165, 1.54) is 6.20 Å². The first-order chi connectivity index (χ1) is 8.43.